The van der Waals surface area contributed by atoms with Crippen LogP contribution in [-0.2, 0) is 14.3 Å². The molecule has 1 aromatic heterocycles. The predicted molar refractivity (Wildman–Crippen MR) is 115 cm³/mol. The predicted octanol–water partition coefficient (Wildman–Crippen LogP) is 4.00. The van der Waals surface area contributed by atoms with Crippen molar-refractivity contribution in [1.29, 1.82) is 0 Å². The fourth-order valence-electron chi connectivity index (χ4n) is 4.05. The molecule has 0 saturated carbocycles. The van der Waals surface area contributed by atoms with E-state index in [1.165, 1.54) is 24.1 Å². The van der Waals surface area contributed by atoms with E-state index < -0.39 is 23.5 Å². The molecule has 2 saturated heterocycles. The third kappa shape index (κ3) is 4.01. The molecule has 0 bridgehead atoms. The van der Waals surface area contributed by atoms with E-state index in [2.05, 4.69) is 4.98 Å². The molecule has 2 fully saturated rings. The van der Waals surface area contributed by atoms with Crippen LogP contribution < -0.4 is 4.74 Å². The smallest absolute Gasteiger partial charge is 0.295 e. The van der Waals surface area contributed by atoms with Crippen LogP contribution >= 0.6 is 23.2 Å². The molecule has 1 amide bonds. The number of aromatic nitrogens is 1. The number of carbonyl (C=O) groups is 2. The van der Waals surface area contributed by atoms with Crippen LogP contribution in [0.15, 0.2) is 42.2 Å². The van der Waals surface area contributed by atoms with E-state index in [4.69, 9.17) is 32.7 Å². The number of nitrogens with zero attached hydrogens (tertiary/aromatic N) is 2. The lowest BCUT2D eigenvalue weighted by Gasteiger charge is -2.27. The summed E-state index contributed by atoms with van der Waals surface area (Å²) in [7, 11) is 1.39. The Morgan fingerprint density at radius 2 is 2.16 bits per heavy atom. The van der Waals surface area contributed by atoms with Gasteiger partial charge in [0.15, 0.2) is 0 Å². The number of ketones is 1. The van der Waals surface area contributed by atoms with Crippen molar-refractivity contribution < 1.29 is 24.2 Å². The average Bonchev–Trinajstić information content (AvgIpc) is 3.36. The molecule has 2 aliphatic rings. The van der Waals surface area contributed by atoms with Crippen LogP contribution in [0, 0.1) is 0 Å². The van der Waals surface area contributed by atoms with Gasteiger partial charge in [-0.15, -0.1) is 0 Å². The number of likely N-dealkylation sites (tertiary alicyclic amines) is 1. The summed E-state index contributed by atoms with van der Waals surface area (Å²) in [5.74, 6) is -1.78. The Morgan fingerprint density at radius 1 is 1.35 bits per heavy atom. The zero-order valence-electron chi connectivity index (χ0n) is 16.7. The number of pyridine rings is 1. The van der Waals surface area contributed by atoms with Gasteiger partial charge in [-0.2, -0.15) is 0 Å². The molecule has 0 spiro atoms. The SMILES string of the molecule is COc1c(Cl)cc(Cl)cc1/C(O)=C1\C(=O)C(=O)N(CC2CCCO2)C1c1cccnc1. The average molecular weight is 463 g/mol. The van der Waals surface area contributed by atoms with Crippen molar-refractivity contribution in [3.05, 3.63) is 63.4 Å². The number of amides is 1. The highest BCUT2D eigenvalue weighted by atomic mass is 35.5. The number of hydrogen-bond acceptors (Lipinski definition) is 6. The van der Waals surface area contributed by atoms with Crippen molar-refractivity contribution in [1.82, 2.24) is 9.88 Å². The first-order valence-electron chi connectivity index (χ1n) is 9.75. The largest absolute Gasteiger partial charge is 0.507 e. The van der Waals surface area contributed by atoms with E-state index in [0.29, 0.717) is 12.2 Å². The second kappa shape index (κ2) is 8.86. The van der Waals surface area contributed by atoms with Crippen LogP contribution in [0.4, 0.5) is 0 Å². The van der Waals surface area contributed by atoms with Gasteiger partial charge < -0.3 is 19.5 Å². The second-order valence-corrected chi connectivity index (χ2v) is 8.18. The Kier molecular flexibility index (Phi) is 6.18. The van der Waals surface area contributed by atoms with Gasteiger partial charge in [0.05, 0.1) is 35.4 Å². The Morgan fingerprint density at radius 3 is 2.81 bits per heavy atom. The lowest BCUT2D eigenvalue weighted by atomic mass is 9.96. The quantitative estimate of drug-likeness (QED) is 0.410. The molecule has 0 aliphatic carbocycles. The van der Waals surface area contributed by atoms with Gasteiger partial charge in [-0.3, -0.25) is 14.6 Å². The van der Waals surface area contributed by atoms with Gasteiger partial charge in [-0.25, -0.2) is 0 Å². The molecular weight excluding hydrogens is 443 g/mol. The third-order valence-electron chi connectivity index (χ3n) is 5.43. The highest BCUT2D eigenvalue weighted by Crippen LogP contribution is 2.43. The van der Waals surface area contributed by atoms with Gasteiger partial charge in [0.1, 0.15) is 11.5 Å². The Hall–Kier alpha value is -2.61. The molecule has 3 heterocycles. The normalized spacial score (nSPS) is 22.9. The number of hydrogen-bond donors (Lipinski definition) is 1. The van der Waals surface area contributed by atoms with Crippen molar-refractivity contribution in [3.63, 3.8) is 0 Å². The van der Waals surface area contributed by atoms with E-state index in [-0.39, 0.29) is 39.6 Å². The Balaban J connectivity index is 1.88. The molecule has 2 unspecified atom stereocenters. The fourth-order valence-corrected chi connectivity index (χ4v) is 4.62. The summed E-state index contributed by atoms with van der Waals surface area (Å²) < 4.78 is 11.0. The minimum absolute atomic E-state index is 0.0763. The van der Waals surface area contributed by atoms with Crippen molar-refractivity contribution in [2.45, 2.75) is 25.0 Å². The van der Waals surface area contributed by atoms with Gasteiger partial charge in [0.2, 0.25) is 0 Å². The van der Waals surface area contributed by atoms with Gasteiger partial charge in [0, 0.05) is 30.6 Å². The number of Topliss-reactive ketones (excluding diaryl/α,β-unsaturated/α-hetero) is 1. The summed E-state index contributed by atoms with van der Waals surface area (Å²) in [6, 6.07) is 5.53. The molecule has 4 rings (SSSR count). The number of halogens is 2. The van der Waals surface area contributed by atoms with Crippen LogP contribution in [0.2, 0.25) is 10.0 Å². The lowest BCUT2D eigenvalue weighted by Crippen LogP contribution is -2.36. The van der Waals surface area contributed by atoms with Crippen molar-refractivity contribution in [2.24, 2.45) is 0 Å². The van der Waals surface area contributed by atoms with Crippen molar-refractivity contribution >= 4 is 40.7 Å². The molecule has 2 aliphatic heterocycles. The first-order valence-corrected chi connectivity index (χ1v) is 10.5. The molecule has 31 heavy (non-hydrogen) atoms. The van der Waals surface area contributed by atoms with E-state index in [9.17, 15) is 14.7 Å². The summed E-state index contributed by atoms with van der Waals surface area (Å²) in [5.41, 5.74) is 0.643. The maximum atomic E-state index is 13.1. The number of methoxy groups -OCH3 is 1. The zero-order chi connectivity index (χ0) is 22.1. The molecule has 0 radical (unpaired) electrons. The summed E-state index contributed by atoms with van der Waals surface area (Å²) in [6.07, 6.45) is 4.67. The number of aliphatic hydroxyl groups is 1. The number of benzene rings is 1. The minimum atomic E-state index is -0.833. The van der Waals surface area contributed by atoms with E-state index in [0.717, 1.165) is 12.8 Å². The minimum Gasteiger partial charge on any atom is -0.507 e. The van der Waals surface area contributed by atoms with Crippen LogP contribution in [0.5, 0.6) is 5.75 Å². The molecule has 2 aromatic rings. The van der Waals surface area contributed by atoms with Gasteiger partial charge in [0.25, 0.3) is 11.7 Å². The van der Waals surface area contributed by atoms with Crippen LogP contribution in [0.3, 0.4) is 0 Å². The fraction of sp³-hybridized carbons (Fsp3) is 0.318. The third-order valence-corrected chi connectivity index (χ3v) is 5.93. The summed E-state index contributed by atoms with van der Waals surface area (Å²) in [6.45, 7) is 0.846. The number of ether oxygens (including phenoxy) is 2. The molecule has 7 nitrogen and oxygen atoms in total. The first kappa shape index (κ1) is 21.6. The second-order valence-electron chi connectivity index (χ2n) is 7.34. The Bertz CT molecular complexity index is 1050. The van der Waals surface area contributed by atoms with E-state index in [1.807, 2.05) is 0 Å². The highest BCUT2D eigenvalue weighted by molar-refractivity contribution is 6.46. The molecule has 1 N–H and O–H groups in total. The number of carbonyl (C=O) groups excluding carboxylic acids is 2. The summed E-state index contributed by atoms with van der Waals surface area (Å²) in [4.78, 5) is 31.6. The van der Waals surface area contributed by atoms with Crippen LogP contribution in [0.1, 0.15) is 30.0 Å². The molecule has 1 aromatic carbocycles. The molecule has 9 heteroatoms. The monoisotopic (exact) mass is 462 g/mol. The molecule has 162 valence electrons. The summed E-state index contributed by atoms with van der Waals surface area (Å²) >= 11 is 12.3. The molecular formula is C22H20Cl2N2O5. The molecule has 2 atom stereocenters. The van der Waals surface area contributed by atoms with Crippen LogP contribution in [-0.4, -0.2) is 53.0 Å². The summed E-state index contributed by atoms with van der Waals surface area (Å²) in [5, 5.41) is 11.6. The van der Waals surface area contributed by atoms with Crippen LogP contribution in [0.25, 0.3) is 5.76 Å². The van der Waals surface area contributed by atoms with Crippen molar-refractivity contribution in [3.8, 4) is 5.75 Å². The number of rotatable bonds is 5. The van der Waals surface area contributed by atoms with Gasteiger partial charge in [-0.05, 0) is 36.6 Å². The highest BCUT2D eigenvalue weighted by Gasteiger charge is 2.47. The lowest BCUT2D eigenvalue weighted by molar-refractivity contribution is -0.140. The van der Waals surface area contributed by atoms with Gasteiger partial charge >= 0.3 is 0 Å². The standard InChI is InChI=1S/C22H20Cl2N2O5/c1-30-21-15(8-13(23)9-16(21)24)19(27)17-18(12-4-2-6-25-10-12)26(22(29)20(17)28)11-14-5-3-7-31-14/h2,4,6,8-10,14,18,27H,3,5,7,11H2,1H3/b19-17+. The van der Waals surface area contributed by atoms with E-state index in [1.54, 1.807) is 24.5 Å². The first-order chi connectivity index (χ1) is 14.9. The Labute approximate surface area is 189 Å². The zero-order valence-corrected chi connectivity index (χ0v) is 18.2. The maximum Gasteiger partial charge on any atom is 0.295 e. The van der Waals surface area contributed by atoms with E-state index >= 15 is 0 Å². The topological polar surface area (TPSA) is 89.0 Å². The van der Waals surface area contributed by atoms with Crippen molar-refractivity contribution in [2.75, 3.05) is 20.3 Å². The number of aliphatic hydroxyl groups excluding tert-OH is 1. The van der Waals surface area contributed by atoms with Gasteiger partial charge in [-0.1, -0.05) is 29.3 Å². The maximum absolute atomic E-state index is 13.1.